The monoisotopic (exact) mass is 293 g/mol. The fraction of sp³-hybridized carbons (Fsp3) is 1.00. The van der Waals surface area contributed by atoms with Crippen LogP contribution in [0.2, 0.25) is 0 Å². The third-order valence-corrected chi connectivity index (χ3v) is 3.91. The van der Waals surface area contributed by atoms with Gasteiger partial charge in [0.25, 0.3) is 0 Å². The molecule has 1 heterocycles. The Morgan fingerprint density at radius 2 is 2.16 bits per heavy atom. The topological polar surface area (TPSA) is 79.5 Å². The SMILES string of the molecule is CC(CC1COCCN1)NCC(C)(C)NS(C)(=O)=O. The van der Waals surface area contributed by atoms with E-state index in [1.807, 2.05) is 13.8 Å². The maximum absolute atomic E-state index is 11.2. The summed E-state index contributed by atoms with van der Waals surface area (Å²) in [6.07, 6.45) is 2.15. The van der Waals surface area contributed by atoms with E-state index in [1.165, 1.54) is 6.26 Å². The number of hydrogen-bond donors (Lipinski definition) is 3. The molecule has 0 amide bonds. The van der Waals surface area contributed by atoms with E-state index in [-0.39, 0.29) is 0 Å². The van der Waals surface area contributed by atoms with E-state index in [4.69, 9.17) is 4.74 Å². The molecule has 0 aromatic heterocycles. The Balaban J connectivity index is 2.30. The molecule has 2 atom stereocenters. The van der Waals surface area contributed by atoms with Gasteiger partial charge in [-0.25, -0.2) is 13.1 Å². The predicted molar refractivity (Wildman–Crippen MR) is 76.7 cm³/mol. The molecule has 0 radical (unpaired) electrons. The van der Waals surface area contributed by atoms with Crippen molar-refractivity contribution in [3.05, 3.63) is 0 Å². The van der Waals surface area contributed by atoms with Crippen molar-refractivity contribution in [2.75, 3.05) is 32.6 Å². The lowest BCUT2D eigenvalue weighted by molar-refractivity contribution is 0.0710. The fourth-order valence-electron chi connectivity index (χ4n) is 2.25. The second-order valence-electron chi connectivity index (χ2n) is 6.00. The highest BCUT2D eigenvalue weighted by Crippen LogP contribution is 2.06. The van der Waals surface area contributed by atoms with E-state index >= 15 is 0 Å². The van der Waals surface area contributed by atoms with E-state index in [1.54, 1.807) is 0 Å². The molecule has 0 aliphatic carbocycles. The summed E-state index contributed by atoms with van der Waals surface area (Å²) in [6.45, 7) is 8.87. The molecule has 2 unspecified atom stereocenters. The van der Waals surface area contributed by atoms with Crippen molar-refractivity contribution < 1.29 is 13.2 Å². The van der Waals surface area contributed by atoms with Gasteiger partial charge in [0.05, 0.1) is 19.5 Å². The maximum Gasteiger partial charge on any atom is 0.209 e. The molecular weight excluding hydrogens is 266 g/mol. The number of morpholine rings is 1. The lowest BCUT2D eigenvalue weighted by Crippen LogP contribution is -2.52. The number of hydrogen-bond acceptors (Lipinski definition) is 5. The van der Waals surface area contributed by atoms with Gasteiger partial charge in [-0.15, -0.1) is 0 Å². The highest BCUT2D eigenvalue weighted by molar-refractivity contribution is 7.88. The summed E-state index contributed by atoms with van der Waals surface area (Å²) >= 11 is 0. The zero-order valence-corrected chi connectivity index (χ0v) is 13.1. The summed E-state index contributed by atoms with van der Waals surface area (Å²) < 4.78 is 30.5. The summed E-state index contributed by atoms with van der Waals surface area (Å²) in [4.78, 5) is 0. The molecule has 6 nitrogen and oxygen atoms in total. The summed E-state index contributed by atoms with van der Waals surface area (Å²) in [7, 11) is -3.18. The molecule has 1 aliphatic heterocycles. The summed E-state index contributed by atoms with van der Waals surface area (Å²) in [6, 6.07) is 0.682. The van der Waals surface area contributed by atoms with Gasteiger partial charge in [0.2, 0.25) is 10.0 Å². The number of ether oxygens (including phenoxy) is 1. The molecule has 1 rings (SSSR count). The van der Waals surface area contributed by atoms with Crippen molar-refractivity contribution in [2.45, 2.75) is 44.8 Å². The molecule has 1 saturated heterocycles. The van der Waals surface area contributed by atoms with Crippen LogP contribution in [-0.4, -0.2) is 58.6 Å². The van der Waals surface area contributed by atoms with Crippen LogP contribution < -0.4 is 15.4 Å². The van der Waals surface area contributed by atoms with E-state index in [0.29, 0.717) is 18.6 Å². The van der Waals surface area contributed by atoms with Crippen molar-refractivity contribution >= 4 is 10.0 Å². The molecule has 114 valence electrons. The van der Waals surface area contributed by atoms with E-state index in [0.717, 1.165) is 26.2 Å². The molecule has 0 aromatic carbocycles. The lowest BCUT2D eigenvalue weighted by atomic mass is 10.0. The molecule has 0 saturated carbocycles. The Labute approximate surface area is 116 Å². The van der Waals surface area contributed by atoms with Gasteiger partial charge in [-0.05, 0) is 27.2 Å². The lowest BCUT2D eigenvalue weighted by Gasteiger charge is -2.30. The minimum Gasteiger partial charge on any atom is -0.379 e. The average Bonchev–Trinajstić information content (AvgIpc) is 2.25. The van der Waals surface area contributed by atoms with Crippen LogP contribution in [0.25, 0.3) is 0 Å². The molecule has 3 N–H and O–H groups in total. The Bertz CT molecular complexity index is 364. The normalized spacial score (nSPS) is 23.3. The van der Waals surface area contributed by atoms with Crippen molar-refractivity contribution in [1.29, 1.82) is 0 Å². The summed E-state index contributed by atoms with van der Waals surface area (Å²) in [5, 5.41) is 6.78. The Hall–Kier alpha value is -0.210. The van der Waals surface area contributed by atoms with Crippen molar-refractivity contribution in [3.63, 3.8) is 0 Å². The Kier molecular flexibility index (Phi) is 6.19. The standard InChI is InChI=1S/C12H27N3O3S/c1-10(7-11-8-18-6-5-13-11)14-9-12(2,3)15-19(4,16)17/h10-11,13-15H,5-9H2,1-4H3. The molecule has 1 fully saturated rings. The molecule has 0 aromatic rings. The molecule has 7 heteroatoms. The van der Waals surface area contributed by atoms with Crippen LogP contribution in [-0.2, 0) is 14.8 Å². The minimum absolute atomic E-state index is 0.305. The first kappa shape index (κ1) is 16.8. The van der Waals surface area contributed by atoms with Crippen LogP contribution in [0.5, 0.6) is 0 Å². The largest absolute Gasteiger partial charge is 0.379 e. The molecule has 0 spiro atoms. The van der Waals surface area contributed by atoms with Gasteiger partial charge in [0.1, 0.15) is 0 Å². The number of rotatable bonds is 7. The van der Waals surface area contributed by atoms with Gasteiger partial charge in [-0.2, -0.15) is 0 Å². The van der Waals surface area contributed by atoms with Gasteiger partial charge in [-0.3, -0.25) is 0 Å². The van der Waals surface area contributed by atoms with Gasteiger partial charge >= 0.3 is 0 Å². The second kappa shape index (κ2) is 6.99. The predicted octanol–water partition coefficient (Wildman–Crippen LogP) is -0.329. The van der Waals surface area contributed by atoms with Crippen LogP contribution in [0, 0.1) is 0 Å². The minimum atomic E-state index is -3.18. The maximum atomic E-state index is 11.2. The molecule has 1 aliphatic rings. The first-order valence-corrected chi connectivity index (χ1v) is 8.60. The third-order valence-electron chi connectivity index (χ3n) is 2.99. The first-order valence-electron chi connectivity index (χ1n) is 6.71. The smallest absolute Gasteiger partial charge is 0.209 e. The van der Waals surface area contributed by atoms with Crippen LogP contribution >= 0.6 is 0 Å². The van der Waals surface area contributed by atoms with E-state index in [9.17, 15) is 8.42 Å². The van der Waals surface area contributed by atoms with Crippen LogP contribution in [0.1, 0.15) is 27.2 Å². The number of sulfonamides is 1. The highest BCUT2D eigenvalue weighted by atomic mass is 32.2. The van der Waals surface area contributed by atoms with Gasteiger partial charge in [0.15, 0.2) is 0 Å². The van der Waals surface area contributed by atoms with Crippen molar-refractivity contribution in [1.82, 2.24) is 15.4 Å². The quantitative estimate of drug-likeness (QED) is 0.599. The zero-order valence-electron chi connectivity index (χ0n) is 12.3. The Morgan fingerprint density at radius 1 is 1.47 bits per heavy atom. The van der Waals surface area contributed by atoms with E-state index in [2.05, 4.69) is 22.3 Å². The van der Waals surface area contributed by atoms with Crippen LogP contribution in [0.15, 0.2) is 0 Å². The first-order chi connectivity index (χ1) is 8.68. The van der Waals surface area contributed by atoms with Gasteiger partial charge in [0, 0.05) is 30.7 Å². The van der Waals surface area contributed by atoms with Crippen LogP contribution in [0.3, 0.4) is 0 Å². The highest BCUT2D eigenvalue weighted by Gasteiger charge is 2.23. The number of nitrogens with one attached hydrogen (secondary N) is 3. The van der Waals surface area contributed by atoms with Gasteiger partial charge in [-0.1, -0.05) is 0 Å². The summed E-state index contributed by atoms with van der Waals surface area (Å²) in [5.41, 5.74) is -0.488. The Morgan fingerprint density at radius 3 is 2.68 bits per heavy atom. The van der Waals surface area contributed by atoms with Crippen LogP contribution in [0.4, 0.5) is 0 Å². The fourth-order valence-corrected chi connectivity index (χ4v) is 3.32. The van der Waals surface area contributed by atoms with Gasteiger partial charge < -0.3 is 15.4 Å². The zero-order chi connectivity index (χ0) is 14.5. The van der Waals surface area contributed by atoms with Crippen molar-refractivity contribution in [3.8, 4) is 0 Å². The summed E-state index contributed by atoms with van der Waals surface area (Å²) in [5.74, 6) is 0. The average molecular weight is 293 g/mol. The molecule has 0 bridgehead atoms. The third kappa shape index (κ3) is 7.84. The van der Waals surface area contributed by atoms with Crippen molar-refractivity contribution in [2.24, 2.45) is 0 Å². The molecular formula is C12H27N3O3S. The molecule has 19 heavy (non-hydrogen) atoms. The van der Waals surface area contributed by atoms with E-state index < -0.39 is 15.6 Å². The second-order valence-corrected chi connectivity index (χ2v) is 7.75.